The quantitative estimate of drug-likeness (QED) is 0.346. The molecule has 0 heterocycles. The van der Waals surface area contributed by atoms with E-state index in [0.29, 0.717) is 16.9 Å². The first-order valence-corrected chi connectivity index (χ1v) is 7.78. The maximum atomic E-state index is 13.1. The number of benzene rings is 2. The minimum Gasteiger partial charge on any atom is -0.489 e. The van der Waals surface area contributed by atoms with Crippen LogP contribution >= 0.6 is 0 Å². The molecule has 0 fully saturated rings. The van der Waals surface area contributed by atoms with Gasteiger partial charge in [0.15, 0.2) is 0 Å². The number of nitrogens with one attached hydrogen (secondary N) is 2. The lowest BCUT2D eigenvalue weighted by Gasteiger charge is -2.07. The maximum Gasteiger partial charge on any atom is 0.329 e. The van der Waals surface area contributed by atoms with Gasteiger partial charge in [-0.25, -0.2) is 9.82 Å². The molecule has 0 aromatic heterocycles. The Bertz CT molecular complexity index is 821. The molecule has 134 valence electrons. The molecule has 2 amide bonds. The lowest BCUT2D eigenvalue weighted by Crippen LogP contribution is -2.37. The molecule has 2 rings (SSSR count). The predicted molar refractivity (Wildman–Crippen MR) is 96.1 cm³/mol. The molecule has 0 saturated heterocycles. The van der Waals surface area contributed by atoms with E-state index >= 15 is 0 Å². The van der Waals surface area contributed by atoms with E-state index in [1.165, 1.54) is 24.4 Å². The number of carbonyl (C=O) groups excluding carboxylic acids is 2. The molecule has 0 saturated carbocycles. The largest absolute Gasteiger partial charge is 0.489 e. The topological polar surface area (TPSA) is 79.8 Å². The summed E-state index contributed by atoms with van der Waals surface area (Å²) in [6.07, 6.45) is 2.84. The van der Waals surface area contributed by atoms with E-state index in [4.69, 9.17) is 4.74 Å². The molecule has 2 aromatic carbocycles. The summed E-state index contributed by atoms with van der Waals surface area (Å²) in [6, 6.07) is 13.1. The minimum absolute atomic E-state index is 0.195. The highest BCUT2D eigenvalue weighted by Gasteiger charge is 2.10. The second kappa shape index (κ2) is 9.73. The number of carbonyl (C=O) groups is 2. The Hall–Kier alpha value is -3.48. The molecular weight excluding hydrogens is 337 g/mol. The van der Waals surface area contributed by atoms with Crippen molar-refractivity contribution in [1.82, 2.24) is 10.7 Å². The molecule has 0 aliphatic heterocycles. The zero-order valence-corrected chi connectivity index (χ0v) is 13.9. The molecule has 6 nitrogen and oxygen atoms in total. The fourth-order valence-corrected chi connectivity index (χ4v) is 1.94. The number of amides is 2. The van der Waals surface area contributed by atoms with Crippen molar-refractivity contribution < 1.29 is 18.7 Å². The standard InChI is InChI=1S/C19H18FN3O3/c1-2-9-21-18(24)19(25)23-22-12-14-5-4-8-17(11-14)26-13-15-6-3-7-16(20)10-15/h2-8,10-12H,1,9,13H2,(H,21,24)(H,23,25)/b22-12-. The molecule has 7 heteroatoms. The van der Waals surface area contributed by atoms with Crippen LogP contribution in [0.25, 0.3) is 0 Å². The van der Waals surface area contributed by atoms with Crippen LogP contribution in [0.3, 0.4) is 0 Å². The fraction of sp³-hybridized carbons (Fsp3) is 0.105. The highest BCUT2D eigenvalue weighted by atomic mass is 19.1. The van der Waals surface area contributed by atoms with Crippen molar-refractivity contribution in [3.8, 4) is 5.75 Å². The van der Waals surface area contributed by atoms with Crippen LogP contribution in [0.4, 0.5) is 4.39 Å². The summed E-state index contributed by atoms with van der Waals surface area (Å²) < 4.78 is 18.8. The lowest BCUT2D eigenvalue weighted by atomic mass is 10.2. The molecule has 0 bridgehead atoms. The fourth-order valence-electron chi connectivity index (χ4n) is 1.94. The van der Waals surface area contributed by atoms with E-state index in [-0.39, 0.29) is 19.0 Å². The van der Waals surface area contributed by atoms with E-state index in [1.807, 2.05) is 0 Å². The third-order valence-electron chi connectivity index (χ3n) is 3.15. The van der Waals surface area contributed by atoms with Gasteiger partial charge < -0.3 is 10.1 Å². The maximum absolute atomic E-state index is 13.1. The minimum atomic E-state index is -0.874. The summed E-state index contributed by atoms with van der Waals surface area (Å²) in [4.78, 5) is 22.8. The van der Waals surface area contributed by atoms with Crippen LogP contribution < -0.4 is 15.5 Å². The van der Waals surface area contributed by atoms with E-state index in [1.54, 1.807) is 36.4 Å². The van der Waals surface area contributed by atoms with Gasteiger partial charge in [0.05, 0.1) is 6.21 Å². The van der Waals surface area contributed by atoms with Crippen LogP contribution in [-0.4, -0.2) is 24.6 Å². The zero-order valence-electron chi connectivity index (χ0n) is 13.9. The van der Waals surface area contributed by atoms with Crippen molar-refractivity contribution in [2.75, 3.05) is 6.54 Å². The summed E-state index contributed by atoms with van der Waals surface area (Å²) >= 11 is 0. The molecule has 2 N–H and O–H groups in total. The third kappa shape index (κ3) is 6.20. The van der Waals surface area contributed by atoms with Crippen LogP contribution in [0.15, 0.2) is 66.3 Å². The number of nitrogens with zero attached hydrogens (tertiary/aromatic N) is 1. The van der Waals surface area contributed by atoms with E-state index < -0.39 is 11.8 Å². The molecule has 0 aliphatic rings. The first kappa shape index (κ1) is 18.9. The van der Waals surface area contributed by atoms with E-state index in [9.17, 15) is 14.0 Å². The Kier molecular flexibility index (Phi) is 7.05. The molecule has 26 heavy (non-hydrogen) atoms. The SMILES string of the molecule is C=CCNC(=O)C(=O)N/N=C\c1cccc(OCc2cccc(F)c2)c1. The van der Waals surface area contributed by atoms with E-state index in [0.717, 1.165) is 0 Å². The number of ether oxygens (including phenoxy) is 1. The van der Waals surface area contributed by atoms with Gasteiger partial charge in [0, 0.05) is 6.54 Å². The summed E-state index contributed by atoms with van der Waals surface area (Å²) in [5.41, 5.74) is 3.50. The second-order valence-electron chi connectivity index (χ2n) is 5.19. The number of hydrazone groups is 1. The van der Waals surface area contributed by atoms with Crippen molar-refractivity contribution in [3.63, 3.8) is 0 Å². The van der Waals surface area contributed by atoms with Gasteiger partial charge in [0.1, 0.15) is 18.2 Å². The number of rotatable bonds is 7. The van der Waals surface area contributed by atoms with Crippen molar-refractivity contribution in [2.24, 2.45) is 5.10 Å². The highest BCUT2D eigenvalue weighted by molar-refractivity contribution is 6.35. The highest BCUT2D eigenvalue weighted by Crippen LogP contribution is 2.14. The van der Waals surface area contributed by atoms with Gasteiger partial charge in [-0.05, 0) is 35.4 Å². The van der Waals surface area contributed by atoms with Crippen LogP contribution in [0, 0.1) is 5.82 Å². The molecule has 0 spiro atoms. The Balaban J connectivity index is 1.89. The summed E-state index contributed by atoms with van der Waals surface area (Å²) in [6.45, 7) is 3.85. The van der Waals surface area contributed by atoms with Crippen LogP contribution in [-0.2, 0) is 16.2 Å². The van der Waals surface area contributed by atoms with Gasteiger partial charge >= 0.3 is 11.8 Å². The summed E-state index contributed by atoms with van der Waals surface area (Å²) in [7, 11) is 0. The average Bonchev–Trinajstić information content (AvgIpc) is 2.65. The van der Waals surface area contributed by atoms with Crippen molar-refractivity contribution in [1.29, 1.82) is 0 Å². The molecular formula is C19H18FN3O3. The summed E-state index contributed by atoms with van der Waals surface area (Å²) in [5, 5.41) is 6.06. The molecule has 0 aliphatic carbocycles. The smallest absolute Gasteiger partial charge is 0.329 e. The molecule has 0 atom stereocenters. The lowest BCUT2D eigenvalue weighted by molar-refractivity contribution is -0.139. The number of hydrogen-bond donors (Lipinski definition) is 2. The van der Waals surface area contributed by atoms with Gasteiger partial charge in [-0.2, -0.15) is 5.10 Å². The van der Waals surface area contributed by atoms with Crippen LogP contribution in [0.1, 0.15) is 11.1 Å². The van der Waals surface area contributed by atoms with Crippen LogP contribution in [0.2, 0.25) is 0 Å². The normalized spacial score (nSPS) is 10.3. The Morgan fingerprint density at radius 1 is 1.15 bits per heavy atom. The van der Waals surface area contributed by atoms with Crippen LogP contribution in [0.5, 0.6) is 5.75 Å². The Morgan fingerprint density at radius 2 is 1.96 bits per heavy atom. The molecule has 0 radical (unpaired) electrons. The van der Waals surface area contributed by atoms with E-state index in [2.05, 4.69) is 22.4 Å². The molecule has 0 unspecified atom stereocenters. The second-order valence-corrected chi connectivity index (χ2v) is 5.19. The van der Waals surface area contributed by atoms with Gasteiger partial charge in [0.25, 0.3) is 0 Å². The van der Waals surface area contributed by atoms with Crippen molar-refractivity contribution >= 4 is 18.0 Å². The predicted octanol–water partition coefficient (Wildman–Crippen LogP) is 2.16. The van der Waals surface area contributed by atoms with Gasteiger partial charge in [-0.3, -0.25) is 9.59 Å². The van der Waals surface area contributed by atoms with Gasteiger partial charge in [-0.15, -0.1) is 6.58 Å². The van der Waals surface area contributed by atoms with Gasteiger partial charge in [0.2, 0.25) is 0 Å². The monoisotopic (exact) mass is 355 g/mol. The van der Waals surface area contributed by atoms with Gasteiger partial charge in [-0.1, -0.05) is 30.3 Å². The average molecular weight is 355 g/mol. The first-order valence-electron chi connectivity index (χ1n) is 7.78. The third-order valence-corrected chi connectivity index (χ3v) is 3.15. The van der Waals surface area contributed by atoms with Crippen molar-refractivity contribution in [2.45, 2.75) is 6.61 Å². The Morgan fingerprint density at radius 3 is 2.73 bits per heavy atom. The number of halogens is 1. The first-order chi connectivity index (χ1) is 12.6. The Labute approximate surface area is 150 Å². The summed E-state index contributed by atoms with van der Waals surface area (Å²) in [5.74, 6) is -1.43. The van der Waals surface area contributed by atoms with Crippen molar-refractivity contribution in [3.05, 3.63) is 78.1 Å². The number of hydrogen-bond acceptors (Lipinski definition) is 4. The molecule has 2 aromatic rings. The zero-order chi connectivity index (χ0) is 18.8.